The van der Waals surface area contributed by atoms with Crippen LogP contribution in [0.5, 0.6) is 0 Å². The molecule has 4 heteroatoms. The van der Waals surface area contributed by atoms with Crippen molar-refractivity contribution in [3.05, 3.63) is 23.8 Å². The molecule has 4 nitrogen and oxygen atoms in total. The van der Waals surface area contributed by atoms with Crippen LogP contribution in [0.25, 0.3) is 0 Å². The van der Waals surface area contributed by atoms with E-state index < -0.39 is 29.7 Å². The van der Waals surface area contributed by atoms with E-state index >= 15 is 0 Å². The van der Waals surface area contributed by atoms with Crippen molar-refractivity contribution in [3.63, 3.8) is 0 Å². The third-order valence-electron chi connectivity index (χ3n) is 5.12. The van der Waals surface area contributed by atoms with Crippen molar-refractivity contribution < 1.29 is 19.7 Å². The molecule has 1 saturated heterocycles. The molecule has 19 heavy (non-hydrogen) atoms. The van der Waals surface area contributed by atoms with Crippen molar-refractivity contribution >= 4 is 5.97 Å². The molecule has 1 heterocycles. The topological polar surface area (TPSA) is 66.8 Å². The third kappa shape index (κ3) is 1.70. The van der Waals surface area contributed by atoms with Crippen molar-refractivity contribution in [2.75, 3.05) is 0 Å². The number of fused-ring (bicyclic) bond motifs is 2. The fraction of sp³-hybridized carbons (Fsp3) is 0.667. The van der Waals surface area contributed by atoms with Crippen LogP contribution in [0.2, 0.25) is 0 Å². The summed E-state index contributed by atoms with van der Waals surface area (Å²) in [4.78, 5) is 11.6. The van der Waals surface area contributed by atoms with E-state index in [0.717, 1.165) is 12.0 Å². The van der Waals surface area contributed by atoms with E-state index in [1.165, 1.54) is 0 Å². The molecule has 1 aliphatic heterocycles. The Morgan fingerprint density at radius 3 is 2.89 bits per heavy atom. The highest BCUT2D eigenvalue weighted by atomic mass is 16.6. The molecule has 2 N–H and O–H groups in total. The fourth-order valence-corrected chi connectivity index (χ4v) is 4.10. The molecular weight excluding hydrogens is 244 g/mol. The number of esters is 1. The summed E-state index contributed by atoms with van der Waals surface area (Å²) in [5.74, 6) is -0.969. The van der Waals surface area contributed by atoms with Gasteiger partial charge in [-0.25, -0.2) is 4.79 Å². The lowest BCUT2D eigenvalue weighted by Crippen LogP contribution is -2.44. The van der Waals surface area contributed by atoms with Gasteiger partial charge in [0, 0.05) is 11.5 Å². The van der Waals surface area contributed by atoms with Crippen molar-refractivity contribution in [2.24, 2.45) is 17.8 Å². The first-order valence-corrected chi connectivity index (χ1v) is 6.81. The molecule has 1 saturated carbocycles. The average Bonchev–Trinajstić information content (AvgIpc) is 2.73. The van der Waals surface area contributed by atoms with Crippen LogP contribution in [-0.2, 0) is 9.53 Å². The predicted octanol–water partition coefficient (Wildman–Crippen LogP) is 1.18. The molecule has 3 aliphatic rings. The van der Waals surface area contributed by atoms with Gasteiger partial charge in [0.2, 0.25) is 0 Å². The number of aliphatic hydroxyl groups is 2. The fourth-order valence-electron chi connectivity index (χ4n) is 4.10. The number of carbonyl (C=O) groups is 1. The number of rotatable bonds is 0. The summed E-state index contributed by atoms with van der Waals surface area (Å²) >= 11 is 0. The number of aliphatic hydroxyl groups excluding tert-OH is 1. The molecule has 2 aliphatic carbocycles. The Kier molecular flexibility index (Phi) is 2.67. The SMILES string of the molecule is C=C1C(=O)O[C@@H]2C=C(C)[C@H]3CC[C@@](C)(O)[C@@H]3[C@@H](O)C12. The molecule has 3 rings (SSSR count). The molecule has 0 spiro atoms. The zero-order valence-electron chi connectivity index (χ0n) is 11.3. The summed E-state index contributed by atoms with van der Waals surface area (Å²) in [5, 5.41) is 21.2. The van der Waals surface area contributed by atoms with E-state index in [4.69, 9.17) is 4.74 Å². The van der Waals surface area contributed by atoms with Crippen molar-refractivity contribution in [1.29, 1.82) is 0 Å². The zero-order valence-corrected chi connectivity index (χ0v) is 11.3. The van der Waals surface area contributed by atoms with Crippen molar-refractivity contribution in [1.82, 2.24) is 0 Å². The lowest BCUT2D eigenvalue weighted by atomic mass is 9.75. The van der Waals surface area contributed by atoms with Gasteiger partial charge in [0.25, 0.3) is 0 Å². The number of hydrogen-bond donors (Lipinski definition) is 2. The molecule has 0 aromatic rings. The van der Waals surface area contributed by atoms with E-state index in [-0.39, 0.29) is 11.8 Å². The minimum absolute atomic E-state index is 0.155. The molecule has 2 fully saturated rings. The number of ether oxygens (including phenoxy) is 1. The standard InChI is InChI=1S/C15H20O4/c1-7-6-10-11(8(2)14(17)19-10)13(16)12-9(7)4-5-15(12,3)18/h6,9-13,16,18H,2,4-5H2,1,3H3/t9-,10-,11?,12+,13+,15-/m1/s1. The molecule has 0 aromatic carbocycles. The first kappa shape index (κ1) is 12.9. The van der Waals surface area contributed by atoms with E-state index in [9.17, 15) is 15.0 Å². The van der Waals surface area contributed by atoms with Crippen LogP contribution in [0.15, 0.2) is 23.8 Å². The zero-order chi connectivity index (χ0) is 13.9. The van der Waals surface area contributed by atoms with Crippen molar-refractivity contribution in [2.45, 2.75) is 44.5 Å². The summed E-state index contributed by atoms with van der Waals surface area (Å²) in [5.41, 5.74) is 0.515. The Balaban J connectivity index is 2.06. The van der Waals surface area contributed by atoms with Gasteiger partial charge in [0.05, 0.1) is 17.6 Å². The molecular formula is C15H20O4. The minimum Gasteiger partial charge on any atom is -0.454 e. The molecule has 104 valence electrons. The van der Waals surface area contributed by atoms with Crippen LogP contribution in [-0.4, -0.2) is 34.0 Å². The second kappa shape index (κ2) is 3.93. The van der Waals surface area contributed by atoms with Crippen LogP contribution in [0.4, 0.5) is 0 Å². The molecule has 0 radical (unpaired) electrons. The van der Waals surface area contributed by atoms with Gasteiger partial charge in [-0.15, -0.1) is 0 Å². The minimum atomic E-state index is -0.903. The molecule has 1 unspecified atom stereocenters. The Labute approximate surface area is 112 Å². The van der Waals surface area contributed by atoms with Crippen molar-refractivity contribution in [3.8, 4) is 0 Å². The summed E-state index contributed by atoms with van der Waals surface area (Å²) in [6.07, 6.45) is 2.23. The van der Waals surface area contributed by atoms with Crippen LogP contribution < -0.4 is 0 Å². The number of hydrogen-bond acceptors (Lipinski definition) is 4. The van der Waals surface area contributed by atoms with Gasteiger partial charge >= 0.3 is 5.97 Å². The normalized spacial score (nSPS) is 49.3. The Morgan fingerprint density at radius 2 is 2.21 bits per heavy atom. The van der Waals surface area contributed by atoms with E-state index in [1.54, 1.807) is 6.92 Å². The lowest BCUT2D eigenvalue weighted by Gasteiger charge is -2.35. The maximum absolute atomic E-state index is 11.6. The number of allylic oxidation sites excluding steroid dienone is 1. The largest absolute Gasteiger partial charge is 0.454 e. The van der Waals surface area contributed by atoms with Crippen LogP contribution in [0, 0.1) is 17.8 Å². The first-order valence-electron chi connectivity index (χ1n) is 6.81. The summed E-state index contributed by atoms with van der Waals surface area (Å²) in [6, 6.07) is 0. The third-order valence-corrected chi connectivity index (χ3v) is 5.12. The molecule has 6 atom stereocenters. The quantitative estimate of drug-likeness (QED) is 0.392. The average molecular weight is 264 g/mol. The monoisotopic (exact) mass is 264 g/mol. The van der Waals surface area contributed by atoms with Gasteiger partial charge in [-0.3, -0.25) is 0 Å². The Hall–Kier alpha value is -1.13. The Morgan fingerprint density at radius 1 is 1.53 bits per heavy atom. The van der Waals surface area contributed by atoms with Gasteiger partial charge < -0.3 is 14.9 Å². The molecule has 0 amide bonds. The van der Waals surface area contributed by atoms with Crippen LogP contribution in [0.1, 0.15) is 26.7 Å². The smallest absolute Gasteiger partial charge is 0.334 e. The second-order valence-electron chi connectivity index (χ2n) is 6.35. The van der Waals surface area contributed by atoms with Gasteiger partial charge in [0.1, 0.15) is 6.10 Å². The maximum atomic E-state index is 11.6. The highest BCUT2D eigenvalue weighted by molar-refractivity contribution is 5.91. The highest BCUT2D eigenvalue weighted by Crippen LogP contribution is 2.51. The summed E-state index contributed by atoms with van der Waals surface area (Å²) in [7, 11) is 0. The Bertz CT molecular complexity index is 477. The van der Waals surface area contributed by atoms with E-state index in [0.29, 0.717) is 12.0 Å². The summed E-state index contributed by atoms with van der Waals surface area (Å²) < 4.78 is 5.28. The highest BCUT2D eigenvalue weighted by Gasteiger charge is 2.55. The lowest BCUT2D eigenvalue weighted by molar-refractivity contribution is -0.137. The van der Waals surface area contributed by atoms with Gasteiger partial charge in [-0.2, -0.15) is 0 Å². The molecule has 0 bridgehead atoms. The number of carbonyl (C=O) groups excluding carboxylic acids is 1. The van der Waals surface area contributed by atoms with Gasteiger partial charge in [-0.1, -0.05) is 12.2 Å². The van der Waals surface area contributed by atoms with Crippen LogP contribution >= 0.6 is 0 Å². The van der Waals surface area contributed by atoms with E-state index in [2.05, 4.69) is 6.58 Å². The maximum Gasteiger partial charge on any atom is 0.334 e. The molecule has 0 aromatic heterocycles. The van der Waals surface area contributed by atoms with E-state index in [1.807, 2.05) is 13.0 Å². The second-order valence-corrected chi connectivity index (χ2v) is 6.35. The first-order chi connectivity index (χ1) is 8.83. The predicted molar refractivity (Wildman–Crippen MR) is 69.1 cm³/mol. The summed E-state index contributed by atoms with van der Waals surface area (Å²) in [6.45, 7) is 7.52. The van der Waals surface area contributed by atoms with Gasteiger partial charge in [-0.05, 0) is 38.7 Å². The van der Waals surface area contributed by atoms with Gasteiger partial charge in [0.15, 0.2) is 0 Å². The van der Waals surface area contributed by atoms with Crippen LogP contribution in [0.3, 0.4) is 0 Å².